The Kier molecular flexibility index (Phi) is 2.71. The largest absolute Gasteiger partial charge is 0.368 e. The molecule has 1 atom stereocenters. The highest BCUT2D eigenvalue weighted by atomic mass is 19.3. The summed E-state index contributed by atoms with van der Waals surface area (Å²) in [6.07, 6.45) is -2.78. The average molecular weight is 152 g/mol. The monoisotopic (exact) mass is 152 g/mol. The second-order valence-electron chi connectivity index (χ2n) is 2.12. The fourth-order valence-corrected chi connectivity index (χ4v) is 0.340. The van der Waals surface area contributed by atoms with E-state index in [0.717, 1.165) is 6.92 Å². The van der Waals surface area contributed by atoms with E-state index in [0.29, 0.717) is 0 Å². The predicted octanol–water partition coefficient (Wildman–Crippen LogP) is -0.285. The molecule has 3 N–H and O–H groups in total. The molecule has 5 heteroatoms. The van der Waals surface area contributed by atoms with Gasteiger partial charge in [0.25, 0.3) is 6.43 Å². The molecule has 0 aliphatic carbocycles. The van der Waals surface area contributed by atoms with Crippen LogP contribution in [0.1, 0.15) is 6.92 Å². The van der Waals surface area contributed by atoms with Gasteiger partial charge in [0.05, 0.1) is 0 Å². The molecule has 0 radical (unpaired) electrons. The molecule has 0 spiro atoms. The second-order valence-corrected chi connectivity index (χ2v) is 2.12. The second kappa shape index (κ2) is 2.92. The third-order valence-electron chi connectivity index (χ3n) is 1.47. The number of halogens is 2. The third kappa shape index (κ3) is 1.41. The number of nitrogens with two attached hydrogens (primary N) is 1. The fourth-order valence-electron chi connectivity index (χ4n) is 0.340. The van der Waals surface area contributed by atoms with Crippen molar-refractivity contribution >= 4 is 5.91 Å². The maximum Gasteiger partial charge on any atom is 0.265 e. The number of carbonyl (C=O) groups is 1. The first-order valence-electron chi connectivity index (χ1n) is 2.72. The number of likely N-dealkylation sites (N-methyl/N-ethyl adjacent to an activating group) is 1. The number of nitrogens with one attached hydrogen (secondary N) is 1. The molecular weight excluding hydrogens is 142 g/mol. The minimum atomic E-state index is -2.78. The molecule has 0 aliphatic rings. The van der Waals surface area contributed by atoms with E-state index >= 15 is 0 Å². The summed E-state index contributed by atoms with van der Waals surface area (Å²) in [7, 11) is 1.26. The number of carbonyl (C=O) groups excluding carboxylic acids is 1. The zero-order valence-electron chi connectivity index (χ0n) is 5.82. The summed E-state index contributed by atoms with van der Waals surface area (Å²) in [5, 5.41) is 2.15. The maximum atomic E-state index is 12.0. The van der Waals surface area contributed by atoms with Gasteiger partial charge < -0.3 is 11.1 Å². The summed E-state index contributed by atoms with van der Waals surface area (Å²) in [4.78, 5) is 10.4. The highest BCUT2D eigenvalue weighted by molar-refractivity contribution is 5.84. The summed E-state index contributed by atoms with van der Waals surface area (Å²) in [6, 6.07) is 0. The molecule has 0 aromatic carbocycles. The molecule has 0 rings (SSSR count). The average Bonchev–Trinajstić information content (AvgIpc) is 1.85. The number of primary amides is 1. The number of rotatable bonds is 3. The molecule has 60 valence electrons. The quantitative estimate of drug-likeness (QED) is 0.584. The van der Waals surface area contributed by atoms with Crippen LogP contribution in [0.15, 0.2) is 0 Å². The van der Waals surface area contributed by atoms with Gasteiger partial charge in [-0.15, -0.1) is 0 Å². The lowest BCUT2D eigenvalue weighted by atomic mass is 10.0. The molecule has 0 saturated heterocycles. The number of alkyl halides is 2. The molecule has 0 heterocycles. The van der Waals surface area contributed by atoms with E-state index < -0.39 is 17.9 Å². The van der Waals surface area contributed by atoms with Gasteiger partial charge in [-0.1, -0.05) is 0 Å². The van der Waals surface area contributed by atoms with E-state index in [1.165, 1.54) is 7.05 Å². The van der Waals surface area contributed by atoms with Gasteiger partial charge in [-0.3, -0.25) is 4.79 Å². The molecular formula is C5H10F2N2O. The minimum absolute atomic E-state index is 1.05. The number of hydrogen-bond acceptors (Lipinski definition) is 2. The molecule has 1 unspecified atom stereocenters. The van der Waals surface area contributed by atoms with Crippen LogP contribution in [0.3, 0.4) is 0 Å². The van der Waals surface area contributed by atoms with Gasteiger partial charge in [0.15, 0.2) is 5.54 Å². The van der Waals surface area contributed by atoms with Crippen LogP contribution in [-0.4, -0.2) is 24.9 Å². The van der Waals surface area contributed by atoms with Crippen molar-refractivity contribution in [3.05, 3.63) is 0 Å². The molecule has 0 bridgehead atoms. The van der Waals surface area contributed by atoms with Crippen molar-refractivity contribution in [2.24, 2.45) is 5.73 Å². The van der Waals surface area contributed by atoms with E-state index in [9.17, 15) is 13.6 Å². The van der Waals surface area contributed by atoms with Gasteiger partial charge in [-0.25, -0.2) is 8.78 Å². The van der Waals surface area contributed by atoms with Crippen LogP contribution in [0.5, 0.6) is 0 Å². The lowest BCUT2D eigenvalue weighted by Gasteiger charge is -2.23. The Balaban J connectivity index is 4.38. The highest BCUT2D eigenvalue weighted by Crippen LogP contribution is 2.13. The standard InChI is InChI=1S/C5H10F2N2O/c1-5(9-2,3(6)7)4(8)10/h3,9H,1-2H3,(H2,8,10). The van der Waals surface area contributed by atoms with E-state index in [1.807, 2.05) is 0 Å². The van der Waals surface area contributed by atoms with E-state index in [4.69, 9.17) is 5.73 Å². The van der Waals surface area contributed by atoms with Crippen molar-refractivity contribution in [1.29, 1.82) is 0 Å². The van der Waals surface area contributed by atoms with E-state index in [1.54, 1.807) is 0 Å². The molecule has 3 nitrogen and oxygen atoms in total. The zero-order chi connectivity index (χ0) is 8.36. The van der Waals surface area contributed by atoms with E-state index in [-0.39, 0.29) is 0 Å². The van der Waals surface area contributed by atoms with Crippen molar-refractivity contribution in [3.8, 4) is 0 Å². The molecule has 10 heavy (non-hydrogen) atoms. The van der Waals surface area contributed by atoms with E-state index in [2.05, 4.69) is 5.32 Å². The first kappa shape index (κ1) is 9.29. The Labute approximate surface area is 57.6 Å². The first-order valence-corrected chi connectivity index (χ1v) is 2.72. The van der Waals surface area contributed by atoms with Crippen molar-refractivity contribution in [1.82, 2.24) is 5.32 Å². The summed E-state index contributed by atoms with van der Waals surface area (Å²) >= 11 is 0. The van der Waals surface area contributed by atoms with Crippen LogP contribution in [0.4, 0.5) is 8.78 Å². The number of hydrogen-bond donors (Lipinski definition) is 2. The Morgan fingerprint density at radius 2 is 2.10 bits per heavy atom. The van der Waals surface area contributed by atoms with Crippen LogP contribution in [0.25, 0.3) is 0 Å². The summed E-state index contributed by atoms with van der Waals surface area (Å²) in [5.41, 5.74) is 2.80. The third-order valence-corrected chi connectivity index (χ3v) is 1.47. The van der Waals surface area contributed by atoms with Gasteiger partial charge in [0.2, 0.25) is 5.91 Å². The van der Waals surface area contributed by atoms with Crippen molar-refractivity contribution in [2.75, 3.05) is 7.05 Å². The van der Waals surface area contributed by atoms with Gasteiger partial charge in [0, 0.05) is 0 Å². The van der Waals surface area contributed by atoms with Crippen molar-refractivity contribution < 1.29 is 13.6 Å². The van der Waals surface area contributed by atoms with Crippen LogP contribution < -0.4 is 11.1 Å². The Morgan fingerprint density at radius 1 is 1.70 bits per heavy atom. The molecule has 1 amide bonds. The molecule has 0 saturated carbocycles. The van der Waals surface area contributed by atoms with Crippen LogP contribution in [0.2, 0.25) is 0 Å². The summed E-state index contributed by atoms with van der Waals surface area (Å²) in [6.45, 7) is 1.06. The molecule has 0 aliphatic heterocycles. The number of amides is 1. The summed E-state index contributed by atoms with van der Waals surface area (Å²) in [5.74, 6) is -1.05. The lowest BCUT2D eigenvalue weighted by Crippen LogP contribution is -2.56. The molecule has 0 fully saturated rings. The van der Waals surface area contributed by atoms with Crippen LogP contribution in [0, 0.1) is 0 Å². The van der Waals surface area contributed by atoms with Crippen LogP contribution >= 0.6 is 0 Å². The fraction of sp³-hybridized carbons (Fsp3) is 0.800. The Bertz CT molecular complexity index is 140. The van der Waals surface area contributed by atoms with Crippen molar-refractivity contribution in [2.45, 2.75) is 18.9 Å². The Hall–Kier alpha value is -0.710. The Morgan fingerprint density at radius 3 is 2.10 bits per heavy atom. The highest BCUT2D eigenvalue weighted by Gasteiger charge is 2.39. The normalized spacial score (nSPS) is 16.9. The van der Waals surface area contributed by atoms with Gasteiger partial charge in [-0.05, 0) is 14.0 Å². The molecule has 0 aromatic rings. The first-order chi connectivity index (χ1) is 4.45. The van der Waals surface area contributed by atoms with Crippen molar-refractivity contribution in [3.63, 3.8) is 0 Å². The topological polar surface area (TPSA) is 55.1 Å². The van der Waals surface area contributed by atoms with Gasteiger partial charge in [-0.2, -0.15) is 0 Å². The van der Waals surface area contributed by atoms with Crippen LogP contribution in [-0.2, 0) is 4.79 Å². The molecule has 0 aromatic heterocycles. The lowest BCUT2D eigenvalue weighted by molar-refractivity contribution is -0.129. The maximum absolute atomic E-state index is 12.0. The predicted molar refractivity (Wildman–Crippen MR) is 32.7 cm³/mol. The van der Waals surface area contributed by atoms with Gasteiger partial charge in [0.1, 0.15) is 0 Å². The van der Waals surface area contributed by atoms with Gasteiger partial charge >= 0.3 is 0 Å². The zero-order valence-corrected chi connectivity index (χ0v) is 5.82. The smallest absolute Gasteiger partial charge is 0.265 e. The summed E-state index contributed by atoms with van der Waals surface area (Å²) < 4.78 is 23.9. The minimum Gasteiger partial charge on any atom is -0.368 e. The SMILES string of the molecule is CNC(C)(C(N)=O)C(F)F.